The van der Waals surface area contributed by atoms with E-state index >= 15 is 0 Å². The lowest BCUT2D eigenvalue weighted by atomic mass is 9.78. The maximum Gasteiger partial charge on any atom is 0.247 e. The Morgan fingerprint density at radius 2 is 1.91 bits per heavy atom. The van der Waals surface area contributed by atoms with Gasteiger partial charge in [0, 0.05) is 12.6 Å². The van der Waals surface area contributed by atoms with E-state index in [9.17, 15) is 14.0 Å². The number of methoxy groups -OCH3 is 1. The highest BCUT2D eigenvalue weighted by molar-refractivity contribution is 6.27. The molecule has 0 heterocycles. The van der Waals surface area contributed by atoms with Gasteiger partial charge in [0.05, 0.1) is 7.11 Å². The molecular formula is C26H32ClFN2O3. The van der Waals surface area contributed by atoms with E-state index in [4.69, 9.17) is 16.3 Å². The molecule has 33 heavy (non-hydrogen) atoms. The van der Waals surface area contributed by atoms with Crippen LogP contribution in [0.25, 0.3) is 0 Å². The van der Waals surface area contributed by atoms with Gasteiger partial charge in [-0.25, -0.2) is 4.39 Å². The highest BCUT2D eigenvalue weighted by Gasteiger charge is 2.35. The largest absolute Gasteiger partial charge is 0.497 e. The number of carbonyl (C=O) groups is 2. The van der Waals surface area contributed by atoms with E-state index in [2.05, 4.69) is 19.2 Å². The molecule has 2 amide bonds. The van der Waals surface area contributed by atoms with Gasteiger partial charge in [-0.15, -0.1) is 11.6 Å². The minimum Gasteiger partial charge on any atom is -0.497 e. The molecule has 0 spiro atoms. The van der Waals surface area contributed by atoms with Crippen LogP contribution >= 0.6 is 11.6 Å². The van der Waals surface area contributed by atoms with Crippen LogP contribution in [-0.4, -0.2) is 35.7 Å². The molecule has 1 N–H and O–H groups in total. The molecule has 178 valence electrons. The fraction of sp³-hybridized carbons (Fsp3) is 0.462. The molecule has 0 aliphatic heterocycles. The summed E-state index contributed by atoms with van der Waals surface area (Å²) in [5.41, 5.74) is 1.33. The smallest absolute Gasteiger partial charge is 0.247 e. The van der Waals surface area contributed by atoms with Crippen molar-refractivity contribution in [3.63, 3.8) is 0 Å². The summed E-state index contributed by atoms with van der Waals surface area (Å²) in [5.74, 6) is 0.140. The first-order chi connectivity index (χ1) is 15.8. The van der Waals surface area contributed by atoms with Crippen molar-refractivity contribution in [2.24, 2.45) is 11.8 Å². The number of halogens is 2. The van der Waals surface area contributed by atoms with Crippen LogP contribution < -0.4 is 10.1 Å². The lowest BCUT2D eigenvalue weighted by Crippen LogP contribution is -2.50. The third-order valence-corrected chi connectivity index (χ3v) is 6.93. The van der Waals surface area contributed by atoms with Crippen molar-refractivity contribution < 1.29 is 18.7 Å². The van der Waals surface area contributed by atoms with E-state index in [-0.39, 0.29) is 30.3 Å². The van der Waals surface area contributed by atoms with Gasteiger partial charge >= 0.3 is 0 Å². The van der Waals surface area contributed by atoms with Gasteiger partial charge in [-0.1, -0.05) is 51.0 Å². The summed E-state index contributed by atoms with van der Waals surface area (Å²) in [6.45, 7) is 4.51. The van der Waals surface area contributed by atoms with E-state index in [1.807, 2.05) is 24.3 Å². The van der Waals surface area contributed by atoms with Gasteiger partial charge in [-0.05, 0) is 53.6 Å². The fourth-order valence-electron chi connectivity index (χ4n) is 4.53. The standard InChI is InChI=1S/C26H32ClFN2O3/c1-17-6-4-9-23(18(17)2)29-26(32)25(20-10-12-21(28)13-11-20)30(24(31)15-27)16-19-7-5-8-22(14-19)33-3/h5,7-8,10-14,17-18,23,25H,4,6,9,15-16H2,1-3H3,(H,29,32)/t17-,18-,23+,25-/m0/s1. The normalized spacial score (nSPS) is 21.2. The summed E-state index contributed by atoms with van der Waals surface area (Å²) < 4.78 is 19.0. The Morgan fingerprint density at radius 3 is 2.58 bits per heavy atom. The molecule has 0 unspecified atom stereocenters. The highest BCUT2D eigenvalue weighted by Crippen LogP contribution is 2.31. The lowest BCUT2D eigenvalue weighted by Gasteiger charge is -2.37. The van der Waals surface area contributed by atoms with Crippen molar-refractivity contribution in [3.05, 3.63) is 65.5 Å². The van der Waals surface area contributed by atoms with Crippen molar-refractivity contribution in [1.82, 2.24) is 10.2 Å². The van der Waals surface area contributed by atoms with E-state index in [0.29, 0.717) is 23.1 Å². The summed E-state index contributed by atoms with van der Waals surface area (Å²) in [7, 11) is 1.57. The summed E-state index contributed by atoms with van der Waals surface area (Å²) in [5, 5.41) is 3.19. The summed E-state index contributed by atoms with van der Waals surface area (Å²) in [6.07, 6.45) is 3.08. The van der Waals surface area contributed by atoms with Gasteiger partial charge in [-0.2, -0.15) is 0 Å². The Balaban J connectivity index is 1.96. The maximum atomic E-state index is 13.7. The Hall–Kier alpha value is -2.60. The van der Waals surface area contributed by atoms with Crippen LogP contribution in [0.2, 0.25) is 0 Å². The highest BCUT2D eigenvalue weighted by atomic mass is 35.5. The Morgan fingerprint density at radius 1 is 1.18 bits per heavy atom. The van der Waals surface area contributed by atoms with Gasteiger partial charge in [0.15, 0.2) is 0 Å². The second-order valence-electron chi connectivity index (χ2n) is 8.84. The molecule has 0 bridgehead atoms. The fourth-order valence-corrected chi connectivity index (χ4v) is 4.69. The van der Waals surface area contributed by atoms with Crippen LogP contribution in [0.5, 0.6) is 5.75 Å². The van der Waals surface area contributed by atoms with Crippen molar-refractivity contribution in [3.8, 4) is 5.75 Å². The van der Waals surface area contributed by atoms with Crippen LogP contribution in [0.15, 0.2) is 48.5 Å². The molecule has 1 aliphatic rings. The molecule has 1 aliphatic carbocycles. The lowest BCUT2D eigenvalue weighted by molar-refractivity contribution is -0.140. The Bertz CT molecular complexity index is 953. The van der Waals surface area contributed by atoms with Gasteiger partial charge in [0.1, 0.15) is 23.5 Å². The van der Waals surface area contributed by atoms with Crippen LogP contribution in [0, 0.1) is 17.7 Å². The molecule has 0 aromatic heterocycles. The minimum atomic E-state index is -0.938. The van der Waals surface area contributed by atoms with Crippen molar-refractivity contribution in [1.29, 1.82) is 0 Å². The number of rotatable bonds is 8. The predicted molar refractivity (Wildman–Crippen MR) is 128 cm³/mol. The zero-order valence-corrected chi connectivity index (χ0v) is 20.1. The van der Waals surface area contributed by atoms with E-state index in [1.54, 1.807) is 19.2 Å². The predicted octanol–water partition coefficient (Wildman–Crippen LogP) is 5.08. The second-order valence-corrected chi connectivity index (χ2v) is 9.11. The summed E-state index contributed by atoms with van der Waals surface area (Å²) >= 11 is 5.96. The van der Waals surface area contributed by atoms with Crippen molar-refractivity contribution in [2.45, 2.75) is 51.7 Å². The van der Waals surface area contributed by atoms with Crippen LogP contribution in [0.4, 0.5) is 4.39 Å². The van der Waals surface area contributed by atoms with Gasteiger partial charge in [0.25, 0.3) is 0 Å². The van der Waals surface area contributed by atoms with E-state index in [0.717, 1.165) is 24.8 Å². The minimum absolute atomic E-state index is 0.0222. The molecule has 2 aromatic rings. The number of amides is 2. The molecule has 5 nitrogen and oxygen atoms in total. The van der Waals surface area contributed by atoms with Crippen LogP contribution in [0.1, 0.15) is 50.3 Å². The molecule has 1 saturated carbocycles. The van der Waals surface area contributed by atoms with Gasteiger partial charge in [0.2, 0.25) is 11.8 Å². The third kappa shape index (κ3) is 6.26. The summed E-state index contributed by atoms with van der Waals surface area (Å²) in [4.78, 5) is 28.1. The average Bonchev–Trinajstić information content (AvgIpc) is 2.82. The number of alkyl halides is 1. The first-order valence-corrected chi connectivity index (χ1v) is 11.9. The van der Waals surface area contributed by atoms with E-state index < -0.39 is 11.9 Å². The molecule has 2 aromatic carbocycles. The molecule has 7 heteroatoms. The summed E-state index contributed by atoms with van der Waals surface area (Å²) in [6, 6.07) is 12.1. The number of nitrogens with zero attached hydrogens (tertiary/aromatic N) is 1. The number of benzene rings is 2. The van der Waals surface area contributed by atoms with Gasteiger partial charge in [-0.3, -0.25) is 9.59 Å². The second kappa shape index (κ2) is 11.5. The molecular weight excluding hydrogens is 443 g/mol. The van der Waals surface area contributed by atoms with Crippen molar-refractivity contribution >= 4 is 23.4 Å². The Labute approximate surface area is 200 Å². The zero-order valence-electron chi connectivity index (χ0n) is 19.4. The molecule has 0 saturated heterocycles. The number of carbonyl (C=O) groups excluding carboxylic acids is 2. The zero-order chi connectivity index (χ0) is 24.0. The number of nitrogens with one attached hydrogen (secondary N) is 1. The maximum absolute atomic E-state index is 13.7. The Kier molecular flexibility index (Phi) is 8.73. The topological polar surface area (TPSA) is 58.6 Å². The third-order valence-electron chi connectivity index (χ3n) is 6.70. The molecule has 0 radical (unpaired) electrons. The first kappa shape index (κ1) is 25.0. The SMILES string of the molecule is COc1cccc(CN(C(=O)CCl)[C@H](C(=O)N[C@@H]2CCC[C@H](C)[C@@H]2C)c2ccc(F)cc2)c1. The van der Waals surface area contributed by atoms with Crippen LogP contribution in [0.3, 0.4) is 0 Å². The van der Waals surface area contributed by atoms with Crippen LogP contribution in [-0.2, 0) is 16.1 Å². The van der Waals surface area contributed by atoms with Crippen molar-refractivity contribution in [2.75, 3.05) is 13.0 Å². The molecule has 3 rings (SSSR count). The number of hydrogen-bond acceptors (Lipinski definition) is 3. The molecule has 4 atom stereocenters. The van der Waals surface area contributed by atoms with Gasteiger partial charge < -0.3 is 15.0 Å². The number of hydrogen-bond donors (Lipinski definition) is 1. The monoisotopic (exact) mass is 474 g/mol. The quantitative estimate of drug-likeness (QED) is 0.542. The average molecular weight is 475 g/mol. The molecule has 1 fully saturated rings. The van der Waals surface area contributed by atoms with E-state index in [1.165, 1.54) is 17.0 Å². The number of ether oxygens (including phenoxy) is 1. The first-order valence-electron chi connectivity index (χ1n) is 11.4.